The Kier molecular flexibility index (Phi) is 5.51. The molecule has 6 nitrogen and oxygen atoms in total. The summed E-state index contributed by atoms with van der Waals surface area (Å²) in [4.78, 5) is 22.6. The molecule has 0 saturated carbocycles. The van der Waals surface area contributed by atoms with Gasteiger partial charge >= 0.3 is 0 Å². The van der Waals surface area contributed by atoms with Crippen LogP contribution < -0.4 is 5.32 Å². The summed E-state index contributed by atoms with van der Waals surface area (Å²) in [6, 6.07) is 10.4. The Balaban J connectivity index is 1.87. The van der Waals surface area contributed by atoms with Crippen LogP contribution in [0.2, 0.25) is 0 Å². The van der Waals surface area contributed by atoms with E-state index in [-0.39, 0.29) is 24.1 Å². The molecule has 0 bridgehead atoms. The van der Waals surface area contributed by atoms with Crippen LogP contribution in [0.25, 0.3) is 0 Å². The second kappa shape index (κ2) is 7.58. The molecule has 122 valence electrons. The maximum absolute atomic E-state index is 12.1. The van der Waals surface area contributed by atoms with Gasteiger partial charge in [0.1, 0.15) is 0 Å². The molecule has 1 N–H and O–H groups in total. The lowest BCUT2D eigenvalue weighted by Gasteiger charge is -2.14. The van der Waals surface area contributed by atoms with Crippen LogP contribution in [0.4, 0.5) is 5.69 Å². The Morgan fingerprint density at radius 2 is 2.04 bits per heavy atom. The van der Waals surface area contributed by atoms with E-state index in [1.165, 1.54) is 11.8 Å². The first-order valence-corrected chi connectivity index (χ1v) is 7.59. The second-order valence-electron chi connectivity index (χ2n) is 5.68. The molecule has 1 aromatic carbocycles. The molecule has 1 heterocycles. The van der Waals surface area contributed by atoms with Crippen molar-refractivity contribution >= 4 is 11.6 Å². The first-order chi connectivity index (χ1) is 11.0. The number of rotatable bonds is 7. The van der Waals surface area contributed by atoms with Crippen LogP contribution in [0.5, 0.6) is 0 Å². The lowest BCUT2D eigenvalue weighted by atomic mass is 10.1. The predicted molar refractivity (Wildman–Crippen MR) is 88.1 cm³/mol. The van der Waals surface area contributed by atoms with Crippen LogP contribution in [0.15, 0.2) is 42.6 Å². The fourth-order valence-corrected chi connectivity index (χ4v) is 2.53. The van der Waals surface area contributed by atoms with E-state index in [1.807, 2.05) is 26.2 Å². The minimum atomic E-state index is -0.457. The third kappa shape index (κ3) is 4.67. The highest BCUT2D eigenvalue weighted by molar-refractivity contribution is 5.80. The van der Waals surface area contributed by atoms with Crippen molar-refractivity contribution in [1.29, 1.82) is 0 Å². The quantitative estimate of drug-likeness (QED) is 0.630. The van der Waals surface area contributed by atoms with Gasteiger partial charge in [-0.15, -0.1) is 0 Å². The lowest BCUT2D eigenvalue weighted by molar-refractivity contribution is -0.385. The van der Waals surface area contributed by atoms with E-state index in [2.05, 4.69) is 16.0 Å². The maximum Gasteiger partial charge on any atom is 0.273 e. The molecule has 0 aliphatic rings. The number of aryl methyl sites for hydroxylation is 2. The minimum Gasteiger partial charge on any atom is -0.354 e. The average molecular weight is 315 g/mol. The van der Waals surface area contributed by atoms with Crippen LogP contribution in [0.1, 0.15) is 24.6 Å². The number of nitro groups is 1. The first-order valence-electron chi connectivity index (χ1n) is 7.59. The minimum absolute atomic E-state index is 0.0140. The summed E-state index contributed by atoms with van der Waals surface area (Å²) in [6.45, 7) is 1.94. The standard InChI is InChI=1S/C17H21N3O3/c1-13(9-10-15-7-5-11-19(15)2)18-17(21)12-14-6-3-4-8-16(14)20(22)23/h3-8,11,13H,9-10,12H2,1-2H3,(H,18,21). The summed E-state index contributed by atoms with van der Waals surface area (Å²) in [5.74, 6) is -0.196. The highest BCUT2D eigenvalue weighted by Crippen LogP contribution is 2.18. The molecule has 0 spiro atoms. The van der Waals surface area contributed by atoms with Gasteiger partial charge in [-0.25, -0.2) is 0 Å². The van der Waals surface area contributed by atoms with E-state index in [1.54, 1.807) is 18.2 Å². The molecule has 23 heavy (non-hydrogen) atoms. The normalized spacial score (nSPS) is 11.9. The van der Waals surface area contributed by atoms with Crippen LogP contribution in [0.3, 0.4) is 0 Å². The number of carbonyl (C=O) groups excluding carboxylic acids is 1. The van der Waals surface area contributed by atoms with Crippen molar-refractivity contribution in [3.8, 4) is 0 Å². The van der Waals surface area contributed by atoms with Crippen molar-refractivity contribution in [1.82, 2.24) is 9.88 Å². The SMILES string of the molecule is CC(CCc1cccn1C)NC(=O)Cc1ccccc1[N+](=O)[O-]. The summed E-state index contributed by atoms with van der Waals surface area (Å²) in [5, 5.41) is 13.9. The summed E-state index contributed by atoms with van der Waals surface area (Å²) < 4.78 is 2.06. The van der Waals surface area contributed by atoms with Gasteiger partial charge in [-0.1, -0.05) is 18.2 Å². The van der Waals surface area contributed by atoms with E-state index < -0.39 is 4.92 Å². The van der Waals surface area contributed by atoms with Crippen molar-refractivity contribution in [2.75, 3.05) is 0 Å². The van der Waals surface area contributed by atoms with Gasteiger partial charge in [-0.2, -0.15) is 0 Å². The van der Waals surface area contributed by atoms with Crippen molar-refractivity contribution in [3.63, 3.8) is 0 Å². The topological polar surface area (TPSA) is 77.2 Å². The van der Waals surface area contributed by atoms with Crippen molar-refractivity contribution in [3.05, 3.63) is 64.0 Å². The summed E-state index contributed by atoms with van der Waals surface area (Å²) in [6.07, 6.45) is 3.70. The van der Waals surface area contributed by atoms with Gasteiger partial charge in [0.25, 0.3) is 5.69 Å². The number of aromatic nitrogens is 1. The van der Waals surface area contributed by atoms with Gasteiger partial charge in [0, 0.05) is 36.6 Å². The Labute approximate surface area is 135 Å². The van der Waals surface area contributed by atoms with Crippen LogP contribution in [-0.4, -0.2) is 21.4 Å². The molecule has 0 radical (unpaired) electrons. The molecule has 6 heteroatoms. The van der Waals surface area contributed by atoms with Gasteiger partial charge in [-0.3, -0.25) is 14.9 Å². The largest absolute Gasteiger partial charge is 0.354 e. The number of para-hydroxylation sites is 1. The van der Waals surface area contributed by atoms with Crippen molar-refractivity contribution in [2.45, 2.75) is 32.2 Å². The van der Waals surface area contributed by atoms with Crippen molar-refractivity contribution in [2.24, 2.45) is 7.05 Å². The number of nitrogens with one attached hydrogen (secondary N) is 1. The predicted octanol–water partition coefficient (Wildman–Crippen LogP) is 2.61. The Morgan fingerprint density at radius 1 is 1.30 bits per heavy atom. The Bertz CT molecular complexity index is 694. The number of hydrogen-bond donors (Lipinski definition) is 1. The zero-order valence-electron chi connectivity index (χ0n) is 13.4. The highest BCUT2D eigenvalue weighted by atomic mass is 16.6. The zero-order chi connectivity index (χ0) is 16.8. The summed E-state index contributed by atoms with van der Waals surface area (Å²) in [5.41, 5.74) is 1.63. The fourth-order valence-electron chi connectivity index (χ4n) is 2.53. The maximum atomic E-state index is 12.1. The van der Waals surface area contributed by atoms with Crippen molar-refractivity contribution < 1.29 is 9.72 Å². The number of carbonyl (C=O) groups is 1. The zero-order valence-corrected chi connectivity index (χ0v) is 13.4. The molecule has 1 amide bonds. The second-order valence-corrected chi connectivity index (χ2v) is 5.68. The molecule has 1 atom stereocenters. The van der Waals surface area contributed by atoms with Crippen LogP contribution in [-0.2, 0) is 24.7 Å². The molecular weight excluding hydrogens is 294 g/mol. The number of benzene rings is 1. The number of hydrogen-bond acceptors (Lipinski definition) is 3. The molecule has 1 unspecified atom stereocenters. The summed E-state index contributed by atoms with van der Waals surface area (Å²) >= 11 is 0. The fraction of sp³-hybridized carbons (Fsp3) is 0.353. The van der Waals surface area contributed by atoms with E-state index in [0.29, 0.717) is 5.56 Å². The molecular formula is C17H21N3O3. The average Bonchev–Trinajstić information content (AvgIpc) is 2.90. The third-order valence-electron chi connectivity index (χ3n) is 3.83. The molecule has 0 aliphatic heterocycles. The van der Waals surface area contributed by atoms with Gasteiger partial charge in [0.2, 0.25) is 5.91 Å². The Morgan fingerprint density at radius 3 is 2.70 bits per heavy atom. The van der Waals surface area contributed by atoms with E-state index in [9.17, 15) is 14.9 Å². The number of nitrogens with zero attached hydrogens (tertiary/aromatic N) is 2. The number of nitro benzene ring substituents is 1. The van der Waals surface area contributed by atoms with Gasteiger partial charge < -0.3 is 9.88 Å². The summed E-state index contributed by atoms with van der Waals surface area (Å²) in [7, 11) is 1.99. The van der Waals surface area contributed by atoms with E-state index in [4.69, 9.17) is 0 Å². The Hall–Kier alpha value is -2.63. The van der Waals surface area contributed by atoms with Gasteiger partial charge in [0.05, 0.1) is 11.3 Å². The van der Waals surface area contributed by atoms with E-state index >= 15 is 0 Å². The number of amides is 1. The molecule has 0 saturated heterocycles. The molecule has 1 aromatic heterocycles. The first kappa shape index (κ1) is 16.7. The van der Waals surface area contributed by atoms with E-state index in [0.717, 1.165) is 12.8 Å². The van der Waals surface area contributed by atoms with Gasteiger partial charge in [-0.05, 0) is 31.9 Å². The smallest absolute Gasteiger partial charge is 0.273 e. The lowest BCUT2D eigenvalue weighted by Crippen LogP contribution is -2.34. The van der Waals surface area contributed by atoms with Crippen LogP contribution in [0, 0.1) is 10.1 Å². The molecule has 0 fully saturated rings. The third-order valence-corrected chi connectivity index (χ3v) is 3.83. The highest BCUT2D eigenvalue weighted by Gasteiger charge is 2.16. The molecule has 2 aromatic rings. The van der Waals surface area contributed by atoms with Crippen LogP contribution >= 0.6 is 0 Å². The molecule has 0 aliphatic carbocycles. The monoisotopic (exact) mass is 315 g/mol. The molecule has 2 rings (SSSR count). The van der Waals surface area contributed by atoms with Gasteiger partial charge in [0.15, 0.2) is 0 Å².